The summed E-state index contributed by atoms with van der Waals surface area (Å²) in [6, 6.07) is 14.4. The highest BCUT2D eigenvalue weighted by Crippen LogP contribution is 2.35. The largest absolute Gasteiger partial charge is 0.356 e. The Balaban J connectivity index is 1.37. The van der Waals surface area contributed by atoms with Gasteiger partial charge in [0.25, 0.3) is 5.71 Å². The maximum atomic E-state index is 14.1. The second kappa shape index (κ2) is 8.61. The number of anilines is 2. The van der Waals surface area contributed by atoms with Crippen molar-refractivity contribution in [1.82, 2.24) is 15.1 Å². The minimum Gasteiger partial charge on any atom is -0.356 e. The molecule has 33 heavy (non-hydrogen) atoms. The molecule has 0 aliphatic carbocycles. The Morgan fingerprint density at radius 2 is 1.82 bits per heavy atom. The molecule has 3 heterocycles. The highest BCUT2D eigenvalue weighted by molar-refractivity contribution is 5.98. The molecule has 0 radical (unpaired) electrons. The van der Waals surface area contributed by atoms with Gasteiger partial charge in [-0.1, -0.05) is 47.1 Å². The topological polar surface area (TPSA) is 75.4 Å². The van der Waals surface area contributed by atoms with Crippen LogP contribution in [0.4, 0.5) is 15.9 Å². The molecule has 1 amide bonds. The van der Waals surface area contributed by atoms with Gasteiger partial charge >= 0.3 is 0 Å². The molecule has 5 rings (SSSR count). The fourth-order valence-electron chi connectivity index (χ4n) is 4.37. The molecular formula is C25H24FN5O2. The van der Waals surface area contributed by atoms with E-state index in [-0.39, 0.29) is 11.8 Å². The average molecular weight is 445 g/mol. The summed E-state index contributed by atoms with van der Waals surface area (Å²) in [5, 5.41) is 5.03. The van der Waals surface area contributed by atoms with Crippen molar-refractivity contribution in [2.75, 3.05) is 29.9 Å². The third kappa shape index (κ3) is 3.92. The number of aromatic nitrogens is 3. The normalized spacial score (nSPS) is 14.6. The van der Waals surface area contributed by atoms with Crippen LogP contribution in [0.2, 0.25) is 0 Å². The van der Waals surface area contributed by atoms with Crippen LogP contribution in [-0.4, -0.2) is 41.2 Å². The minimum atomic E-state index is -0.398. The number of hydrogen-bond acceptors (Lipinski definition) is 6. The van der Waals surface area contributed by atoms with Gasteiger partial charge in [0.15, 0.2) is 0 Å². The molecule has 0 atom stereocenters. The molecule has 0 unspecified atom stereocenters. The Hall–Kier alpha value is -3.81. The van der Waals surface area contributed by atoms with Crippen LogP contribution in [0, 0.1) is 18.7 Å². The van der Waals surface area contributed by atoms with Crippen LogP contribution in [0.1, 0.15) is 18.4 Å². The average Bonchev–Trinajstić information content (AvgIpc) is 3.28. The van der Waals surface area contributed by atoms with Crippen LogP contribution in [0.5, 0.6) is 0 Å². The highest BCUT2D eigenvalue weighted by Gasteiger charge is 2.30. The quantitative estimate of drug-likeness (QED) is 0.457. The molecule has 0 N–H and O–H groups in total. The number of fused-ring (bicyclic) bond motifs is 1. The van der Waals surface area contributed by atoms with Crippen LogP contribution in [0.25, 0.3) is 22.4 Å². The van der Waals surface area contributed by atoms with E-state index in [1.165, 1.54) is 17.3 Å². The van der Waals surface area contributed by atoms with E-state index in [0.717, 1.165) is 22.3 Å². The molecule has 0 bridgehead atoms. The first kappa shape index (κ1) is 21.1. The van der Waals surface area contributed by atoms with Crippen molar-refractivity contribution in [3.05, 3.63) is 66.2 Å². The summed E-state index contributed by atoms with van der Waals surface area (Å²) in [6.07, 6.45) is 2.77. The van der Waals surface area contributed by atoms with Crippen molar-refractivity contribution in [3.63, 3.8) is 0 Å². The molecule has 1 aliphatic rings. The Morgan fingerprint density at radius 1 is 1.09 bits per heavy atom. The van der Waals surface area contributed by atoms with E-state index in [4.69, 9.17) is 4.52 Å². The summed E-state index contributed by atoms with van der Waals surface area (Å²) in [7, 11) is 1.63. The van der Waals surface area contributed by atoms with Crippen molar-refractivity contribution >= 4 is 28.5 Å². The highest BCUT2D eigenvalue weighted by atomic mass is 19.1. The molecule has 2 aromatic carbocycles. The summed E-state index contributed by atoms with van der Waals surface area (Å²) in [6.45, 7) is 3.33. The maximum absolute atomic E-state index is 14.1. The van der Waals surface area contributed by atoms with E-state index in [1.807, 2.05) is 31.2 Å². The lowest BCUT2D eigenvalue weighted by Gasteiger charge is -2.34. The van der Waals surface area contributed by atoms with E-state index in [9.17, 15) is 9.18 Å². The lowest BCUT2D eigenvalue weighted by atomic mass is 9.95. The summed E-state index contributed by atoms with van der Waals surface area (Å²) in [5.41, 5.74) is 3.54. The van der Waals surface area contributed by atoms with Crippen molar-refractivity contribution in [2.45, 2.75) is 19.8 Å². The zero-order valence-corrected chi connectivity index (χ0v) is 18.5. The molecule has 4 aromatic rings. The number of amides is 1. The van der Waals surface area contributed by atoms with Crippen LogP contribution >= 0.6 is 0 Å². The van der Waals surface area contributed by atoms with E-state index >= 15 is 0 Å². The predicted molar refractivity (Wildman–Crippen MR) is 125 cm³/mol. The lowest BCUT2D eigenvalue weighted by molar-refractivity contribution is -0.122. The Kier molecular flexibility index (Phi) is 5.50. The number of halogens is 1. The molecule has 7 nitrogen and oxygen atoms in total. The van der Waals surface area contributed by atoms with Gasteiger partial charge in [0.05, 0.1) is 5.69 Å². The van der Waals surface area contributed by atoms with Gasteiger partial charge in [-0.05, 0) is 31.9 Å². The van der Waals surface area contributed by atoms with E-state index in [0.29, 0.717) is 43.0 Å². The number of carbonyl (C=O) groups is 1. The number of aryl methyl sites for hydroxylation is 1. The number of benzene rings is 2. The number of carbonyl (C=O) groups excluding carboxylic acids is 1. The van der Waals surface area contributed by atoms with Gasteiger partial charge in [0.1, 0.15) is 29.0 Å². The van der Waals surface area contributed by atoms with Gasteiger partial charge in [0, 0.05) is 31.6 Å². The zero-order valence-electron chi connectivity index (χ0n) is 18.5. The van der Waals surface area contributed by atoms with Gasteiger partial charge in [-0.25, -0.2) is 9.37 Å². The second-order valence-corrected chi connectivity index (χ2v) is 8.38. The first-order valence-electron chi connectivity index (χ1n) is 11.0. The van der Waals surface area contributed by atoms with E-state index < -0.39 is 5.82 Å². The number of para-hydroxylation sites is 1. The summed E-state index contributed by atoms with van der Waals surface area (Å²) in [5.74, 6) is 0.107. The van der Waals surface area contributed by atoms with Crippen LogP contribution in [-0.2, 0) is 4.79 Å². The Bertz CT molecular complexity index is 1300. The van der Waals surface area contributed by atoms with Crippen molar-refractivity contribution < 1.29 is 13.7 Å². The lowest BCUT2D eigenvalue weighted by Crippen LogP contribution is -2.42. The first-order chi connectivity index (χ1) is 16.0. The summed E-state index contributed by atoms with van der Waals surface area (Å²) >= 11 is 0. The molecule has 0 saturated carbocycles. The smallest absolute Gasteiger partial charge is 0.263 e. The number of piperidine rings is 1. The van der Waals surface area contributed by atoms with Gasteiger partial charge in [0.2, 0.25) is 5.91 Å². The van der Waals surface area contributed by atoms with Crippen molar-refractivity contribution in [2.24, 2.45) is 5.92 Å². The predicted octanol–water partition coefficient (Wildman–Crippen LogP) is 4.61. The van der Waals surface area contributed by atoms with E-state index in [2.05, 4.69) is 20.0 Å². The van der Waals surface area contributed by atoms with Gasteiger partial charge in [-0.2, -0.15) is 4.98 Å². The monoisotopic (exact) mass is 445 g/mol. The van der Waals surface area contributed by atoms with Gasteiger partial charge in [-0.15, -0.1) is 0 Å². The fraction of sp³-hybridized carbons (Fsp3) is 0.280. The minimum absolute atomic E-state index is 0.0714. The summed E-state index contributed by atoms with van der Waals surface area (Å²) in [4.78, 5) is 25.4. The maximum Gasteiger partial charge on any atom is 0.263 e. The standard InChI is InChI=1S/C25H24FN5O2/c1-16-7-9-17(10-8-16)22-21-23(27-15-28-24(21)33-29-22)31-13-11-18(12-14-31)25(32)30(2)20-6-4-3-5-19(20)26/h3-10,15,18H,11-14H2,1-2H3. The van der Waals surface area contributed by atoms with Crippen LogP contribution in [0.15, 0.2) is 59.4 Å². The molecule has 1 saturated heterocycles. The fourth-order valence-corrected chi connectivity index (χ4v) is 4.37. The molecule has 2 aromatic heterocycles. The third-order valence-corrected chi connectivity index (χ3v) is 6.27. The van der Waals surface area contributed by atoms with Gasteiger partial charge < -0.3 is 14.3 Å². The Morgan fingerprint density at radius 3 is 2.55 bits per heavy atom. The Labute approximate surface area is 190 Å². The molecule has 0 spiro atoms. The van der Waals surface area contributed by atoms with Crippen molar-refractivity contribution in [1.29, 1.82) is 0 Å². The summed E-state index contributed by atoms with van der Waals surface area (Å²) < 4.78 is 19.6. The molecular weight excluding hydrogens is 421 g/mol. The SMILES string of the molecule is Cc1ccc(-c2noc3ncnc(N4CCC(C(=O)N(C)c5ccccc5F)CC4)c23)cc1. The van der Waals surface area contributed by atoms with Crippen molar-refractivity contribution in [3.8, 4) is 11.3 Å². The number of hydrogen-bond donors (Lipinski definition) is 0. The zero-order chi connectivity index (χ0) is 22.9. The molecule has 1 aliphatic heterocycles. The van der Waals surface area contributed by atoms with Gasteiger partial charge in [-0.3, -0.25) is 4.79 Å². The van der Waals surface area contributed by atoms with Crippen LogP contribution < -0.4 is 9.80 Å². The van der Waals surface area contributed by atoms with Crippen LogP contribution in [0.3, 0.4) is 0 Å². The third-order valence-electron chi connectivity index (χ3n) is 6.27. The number of nitrogens with zero attached hydrogens (tertiary/aromatic N) is 5. The molecule has 8 heteroatoms. The first-order valence-corrected chi connectivity index (χ1v) is 11.0. The molecule has 1 fully saturated rings. The van der Waals surface area contributed by atoms with E-state index in [1.54, 1.807) is 25.2 Å². The second-order valence-electron chi connectivity index (χ2n) is 8.38. The number of rotatable bonds is 4. The molecule has 168 valence electrons.